The fourth-order valence-corrected chi connectivity index (χ4v) is 4.48. The van der Waals surface area contributed by atoms with Crippen LogP contribution in [0.1, 0.15) is 32.0 Å². The molecule has 160 valence electrons. The van der Waals surface area contributed by atoms with Gasteiger partial charge in [-0.2, -0.15) is 0 Å². The van der Waals surface area contributed by atoms with E-state index in [0.717, 1.165) is 11.3 Å². The number of rotatable bonds is 4. The molecule has 3 rings (SSSR count). The SMILES string of the molecule is CCNC(=NCc1coc(-c2ccc(C)cc2)n1)N1CCS(=O)(=O)C(C)(C)C1.I. The lowest BCUT2D eigenvalue weighted by Gasteiger charge is -2.39. The number of aryl methyl sites for hydroxylation is 1. The van der Waals surface area contributed by atoms with Crippen LogP contribution in [0.15, 0.2) is 39.9 Å². The van der Waals surface area contributed by atoms with Crippen molar-refractivity contribution in [2.45, 2.75) is 39.0 Å². The Morgan fingerprint density at radius 1 is 1.31 bits per heavy atom. The molecule has 2 aromatic rings. The Labute approximate surface area is 189 Å². The van der Waals surface area contributed by atoms with E-state index in [9.17, 15) is 8.42 Å². The molecule has 0 amide bonds. The van der Waals surface area contributed by atoms with Crippen LogP contribution in [0.5, 0.6) is 0 Å². The summed E-state index contributed by atoms with van der Waals surface area (Å²) in [6.07, 6.45) is 1.62. The molecular formula is C20H29IN4O3S. The van der Waals surface area contributed by atoms with Crippen molar-refractivity contribution in [1.29, 1.82) is 0 Å². The molecule has 0 unspecified atom stereocenters. The quantitative estimate of drug-likeness (QED) is 0.370. The Morgan fingerprint density at radius 2 is 2.00 bits per heavy atom. The normalized spacial score (nSPS) is 18.2. The molecule has 0 radical (unpaired) electrons. The van der Waals surface area contributed by atoms with E-state index >= 15 is 0 Å². The maximum atomic E-state index is 12.3. The van der Waals surface area contributed by atoms with Gasteiger partial charge in [0.05, 0.1) is 17.0 Å². The molecule has 1 N–H and O–H groups in total. The zero-order valence-electron chi connectivity index (χ0n) is 17.3. The molecule has 9 heteroatoms. The molecule has 0 spiro atoms. The monoisotopic (exact) mass is 532 g/mol. The first-order valence-electron chi connectivity index (χ1n) is 9.49. The molecule has 1 aromatic carbocycles. The summed E-state index contributed by atoms with van der Waals surface area (Å²) in [5.41, 5.74) is 2.84. The van der Waals surface area contributed by atoms with Gasteiger partial charge >= 0.3 is 0 Å². The van der Waals surface area contributed by atoms with Crippen molar-refractivity contribution in [2.75, 3.05) is 25.4 Å². The van der Waals surface area contributed by atoms with Crippen LogP contribution in [0.2, 0.25) is 0 Å². The van der Waals surface area contributed by atoms with E-state index in [1.165, 1.54) is 5.56 Å². The summed E-state index contributed by atoms with van der Waals surface area (Å²) in [5, 5.41) is 3.26. The van der Waals surface area contributed by atoms with Crippen LogP contribution in [0, 0.1) is 6.92 Å². The Morgan fingerprint density at radius 3 is 2.62 bits per heavy atom. The molecule has 1 aromatic heterocycles. The lowest BCUT2D eigenvalue weighted by Crippen LogP contribution is -2.57. The Balaban J connectivity index is 0.00000300. The van der Waals surface area contributed by atoms with Gasteiger partial charge in [-0.3, -0.25) is 0 Å². The van der Waals surface area contributed by atoms with Gasteiger partial charge in [-0.1, -0.05) is 17.7 Å². The van der Waals surface area contributed by atoms with Crippen molar-refractivity contribution in [2.24, 2.45) is 4.99 Å². The van der Waals surface area contributed by atoms with Crippen molar-refractivity contribution in [3.05, 3.63) is 41.8 Å². The minimum atomic E-state index is -3.09. The van der Waals surface area contributed by atoms with Crippen molar-refractivity contribution in [3.63, 3.8) is 0 Å². The Kier molecular flexibility index (Phi) is 7.72. The van der Waals surface area contributed by atoms with Crippen molar-refractivity contribution < 1.29 is 12.8 Å². The fraction of sp³-hybridized carbons (Fsp3) is 0.500. The fourth-order valence-electron chi connectivity index (χ4n) is 3.11. The molecule has 1 saturated heterocycles. The van der Waals surface area contributed by atoms with E-state index in [2.05, 4.69) is 15.3 Å². The van der Waals surface area contributed by atoms with E-state index in [4.69, 9.17) is 4.42 Å². The van der Waals surface area contributed by atoms with E-state index in [-0.39, 0.29) is 29.7 Å². The highest BCUT2D eigenvalue weighted by Crippen LogP contribution is 2.24. The van der Waals surface area contributed by atoms with Gasteiger partial charge in [-0.05, 0) is 39.8 Å². The predicted octanol–water partition coefficient (Wildman–Crippen LogP) is 3.24. The number of benzene rings is 1. The summed E-state index contributed by atoms with van der Waals surface area (Å²) in [5.74, 6) is 1.40. The van der Waals surface area contributed by atoms with Gasteiger partial charge in [-0.15, -0.1) is 24.0 Å². The van der Waals surface area contributed by atoms with E-state index in [1.807, 2.05) is 43.0 Å². The van der Waals surface area contributed by atoms with Crippen LogP contribution >= 0.6 is 24.0 Å². The summed E-state index contributed by atoms with van der Waals surface area (Å²) in [4.78, 5) is 11.2. The highest BCUT2D eigenvalue weighted by Gasteiger charge is 2.40. The minimum absolute atomic E-state index is 0. The highest BCUT2D eigenvalue weighted by atomic mass is 127. The summed E-state index contributed by atoms with van der Waals surface area (Å²) < 4.78 is 29.3. The van der Waals surface area contributed by atoms with Crippen LogP contribution in [0.25, 0.3) is 11.5 Å². The Hall–Kier alpha value is -1.62. The van der Waals surface area contributed by atoms with E-state index in [0.29, 0.717) is 38.0 Å². The summed E-state index contributed by atoms with van der Waals surface area (Å²) >= 11 is 0. The van der Waals surface area contributed by atoms with Crippen LogP contribution in [-0.2, 0) is 16.4 Å². The van der Waals surface area contributed by atoms with Gasteiger partial charge in [-0.25, -0.2) is 18.4 Å². The maximum absolute atomic E-state index is 12.3. The molecule has 1 aliphatic rings. The smallest absolute Gasteiger partial charge is 0.226 e. The van der Waals surface area contributed by atoms with Gasteiger partial charge in [0.1, 0.15) is 12.0 Å². The average Bonchev–Trinajstić information content (AvgIpc) is 3.11. The number of sulfone groups is 1. The first kappa shape index (κ1) is 23.7. The van der Waals surface area contributed by atoms with Gasteiger partial charge in [0, 0.05) is 25.2 Å². The summed E-state index contributed by atoms with van der Waals surface area (Å²) in [6, 6.07) is 8.00. The predicted molar refractivity (Wildman–Crippen MR) is 126 cm³/mol. The molecule has 2 heterocycles. The minimum Gasteiger partial charge on any atom is -0.444 e. The summed E-state index contributed by atoms with van der Waals surface area (Å²) in [6.45, 7) is 9.48. The van der Waals surface area contributed by atoms with Crippen LogP contribution in [0.4, 0.5) is 0 Å². The number of nitrogens with one attached hydrogen (secondary N) is 1. The number of aromatic nitrogens is 1. The maximum Gasteiger partial charge on any atom is 0.226 e. The molecule has 1 fully saturated rings. The molecule has 0 bridgehead atoms. The topological polar surface area (TPSA) is 87.8 Å². The second kappa shape index (κ2) is 9.46. The second-order valence-corrected chi connectivity index (χ2v) is 10.4. The second-order valence-electron chi connectivity index (χ2n) is 7.68. The van der Waals surface area contributed by atoms with Gasteiger partial charge in [0.25, 0.3) is 0 Å². The van der Waals surface area contributed by atoms with Crippen molar-refractivity contribution in [1.82, 2.24) is 15.2 Å². The van der Waals surface area contributed by atoms with Crippen molar-refractivity contribution in [3.8, 4) is 11.5 Å². The molecule has 0 saturated carbocycles. The lowest BCUT2D eigenvalue weighted by atomic mass is 10.1. The number of nitrogens with zero attached hydrogens (tertiary/aromatic N) is 3. The van der Waals surface area contributed by atoms with Crippen LogP contribution in [0.3, 0.4) is 0 Å². The zero-order valence-corrected chi connectivity index (χ0v) is 20.5. The van der Waals surface area contributed by atoms with Gasteiger partial charge < -0.3 is 14.6 Å². The first-order chi connectivity index (χ1) is 13.2. The standard InChI is InChI=1S/C20H28N4O3S.HI/c1-5-21-19(24-10-11-28(25,26)20(3,4)14-24)22-12-17-13-27-18(23-17)16-8-6-15(2)7-9-16;/h6-9,13H,5,10-12,14H2,1-4H3,(H,21,22);1H. The third-order valence-electron chi connectivity index (χ3n) is 4.92. The van der Waals surface area contributed by atoms with Gasteiger partial charge in [0.2, 0.25) is 5.89 Å². The van der Waals surface area contributed by atoms with Gasteiger partial charge in [0.15, 0.2) is 15.8 Å². The third kappa shape index (κ3) is 5.50. The highest BCUT2D eigenvalue weighted by molar-refractivity contribution is 14.0. The van der Waals surface area contributed by atoms with E-state index < -0.39 is 14.6 Å². The third-order valence-corrected chi connectivity index (χ3v) is 7.45. The Bertz CT molecular complexity index is 952. The molecule has 0 aliphatic carbocycles. The number of guanidine groups is 1. The number of hydrogen-bond acceptors (Lipinski definition) is 5. The number of oxazole rings is 1. The molecule has 1 aliphatic heterocycles. The van der Waals surface area contributed by atoms with Crippen LogP contribution in [-0.4, -0.2) is 54.4 Å². The van der Waals surface area contributed by atoms with Crippen LogP contribution < -0.4 is 5.32 Å². The first-order valence-corrected chi connectivity index (χ1v) is 11.1. The van der Waals surface area contributed by atoms with Crippen molar-refractivity contribution >= 4 is 39.8 Å². The number of halogens is 1. The molecular weight excluding hydrogens is 503 g/mol. The average molecular weight is 532 g/mol. The largest absolute Gasteiger partial charge is 0.444 e. The lowest BCUT2D eigenvalue weighted by molar-refractivity contribution is 0.353. The zero-order chi connectivity index (χ0) is 20.4. The summed E-state index contributed by atoms with van der Waals surface area (Å²) in [7, 11) is -3.09. The number of aliphatic imine (C=N–C) groups is 1. The number of hydrogen-bond donors (Lipinski definition) is 1. The van der Waals surface area contributed by atoms with E-state index in [1.54, 1.807) is 20.1 Å². The molecule has 7 nitrogen and oxygen atoms in total. The molecule has 0 atom stereocenters. The molecule has 29 heavy (non-hydrogen) atoms.